The molecular weight excluding hydrogens is 314 g/mol. The molecule has 0 saturated carbocycles. The number of nitrogens with one attached hydrogen (secondary N) is 1. The van der Waals surface area contributed by atoms with Crippen LogP contribution >= 0.6 is 11.3 Å². The Hall–Kier alpha value is -1.19. The Labute approximate surface area is 128 Å². The molecule has 2 atom stereocenters. The van der Waals surface area contributed by atoms with Gasteiger partial charge in [0.15, 0.2) is 5.13 Å². The molecule has 1 aliphatic rings. The molecule has 1 aromatic heterocycles. The fraction of sp³-hybridized carbons (Fsp3) is 0.667. The SMILES string of the molecule is CC1CCN(C(=O)Cc2csc(NS(C)(=O)=O)n2)C1CO. The van der Waals surface area contributed by atoms with Gasteiger partial charge in [0.25, 0.3) is 0 Å². The molecule has 1 aromatic rings. The standard InChI is InChI=1S/C12H19N3O4S2/c1-8-3-4-15(10(8)6-16)11(17)5-9-7-20-12(13-9)14-21(2,18)19/h7-8,10,16H,3-6H2,1-2H3,(H,13,14). The number of hydrogen-bond acceptors (Lipinski definition) is 6. The largest absolute Gasteiger partial charge is 0.394 e. The molecule has 0 radical (unpaired) electrons. The number of hydrogen-bond donors (Lipinski definition) is 2. The van der Waals surface area contributed by atoms with Crippen molar-refractivity contribution >= 4 is 32.4 Å². The van der Waals surface area contributed by atoms with E-state index in [0.717, 1.165) is 24.0 Å². The van der Waals surface area contributed by atoms with E-state index in [-0.39, 0.29) is 36.0 Å². The Bertz CT molecular complexity index is 614. The molecule has 9 heteroatoms. The van der Waals surface area contributed by atoms with Gasteiger partial charge < -0.3 is 10.0 Å². The van der Waals surface area contributed by atoms with E-state index in [1.165, 1.54) is 0 Å². The van der Waals surface area contributed by atoms with Crippen LogP contribution in [0.2, 0.25) is 0 Å². The second kappa shape index (κ2) is 6.29. The summed E-state index contributed by atoms with van der Waals surface area (Å²) in [4.78, 5) is 18.0. The van der Waals surface area contributed by atoms with Crippen molar-refractivity contribution in [2.24, 2.45) is 5.92 Å². The zero-order chi connectivity index (χ0) is 15.6. The number of aliphatic hydroxyl groups excluding tert-OH is 1. The van der Waals surface area contributed by atoms with Crippen LogP contribution in [0.3, 0.4) is 0 Å². The third-order valence-corrected chi connectivity index (χ3v) is 5.05. The molecule has 0 aliphatic carbocycles. The van der Waals surface area contributed by atoms with Crippen molar-refractivity contribution in [2.75, 3.05) is 24.1 Å². The average molecular weight is 333 g/mol. The highest BCUT2D eigenvalue weighted by molar-refractivity contribution is 7.92. The Morgan fingerprint density at radius 1 is 1.62 bits per heavy atom. The molecule has 118 valence electrons. The van der Waals surface area contributed by atoms with Crippen molar-refractivity contribution in [3.8, 4) is 0 Å². The summed E-state index contributed by atoms with van der Waals surface area (Å²) in [7, 11) is -3.36. The van der Waals surface area contributed by atoms with Gasteiger partial charge >= 0.3 is 0 Å². The monoisotopic (exact) mass is 333 g/mol. The minimum Gasteiger partial charge on any atom is -0.394 e. The Balaban J connectivity index is 2.00. The van der Waals surface area contributed by atoms with E-state index in [4.69, 9.17) is 0 Å². The molecule has 21 heavy (non-hydrogen) atoms. The average Bonchev–Trinajstić information content (AvgIpc) is 2.93. The van der Waals surface area contributed by atoms with Gasteiger partial charge in [0.1, 0.15) is 0 Å². The van der Waals surface area contributed by atoms with E-state index in [2.05, 4.69) is 9.71 Å². The third kappa shape index (κ3) is 4.14. The smallest absolute Gasteiger partial charge is 0.231 e. The maximum atomic E-state index is 12.3. The number of anilines is 1. The van der Waals surface area contributed by atoms with Crippen LogP contribution in [0.25, 0.3) is 0 Å². The molecule has 1 saturated heterocycles. The van der Waals surface area contributed by atoms with Gasteiger partial charge in [-0.25, -0.2) is 13.4 Å². The van der Waals surface area contributed by atoms with Crippen LogP contribution < -0.4 is 4.72 Å². The molecule has 2 rings (SSSR count). The number of carbonyl (C=O) groups excluding carboxylic acids is 1. The molecule has 7 nitrogen and oxygen atoms in total. The maximum Gasteiger partial charge on any atom is 0.231 e. The van der Waals surface area contributed by atoms with Crippen molar-refractivity contribution in [1.29, 1.82) is 0 Å². The van der Waals surface area contributed by atoms with Crippen LogP contribution in [0.4, 0.5) is 5.13 Å². The zero-order valence-electron chi connectivity index (χ0n) is 11.9. The first-order valence-corrected chi connectivity index (χ1v) is 9.40. The van der Waals surface area contributed by atoms with Crippen LogP contribution in [-0.4, -0.2) is 54.8 Å². The quantitative estimate of drug-likeness (QED) is 0.806. The van der Waals surface area contributed by atoms with Gasteiger partial charge in [0, 0.05) is 11.9 Å². The molecule has 0 spiro atoms. The van der Waals surface area contributed by atoms with E-state index >= 15 is 0 Å². The normalized spacial score (nSPS) is 22.5. The van der Waals surface area contributed by atoms with E-state index in [0.29, 0.717) is 12.2 Å². The summed E-state index contributed by atoms with van der Waals surface area (Å²) < 4.78 is 24.5. The van der Waals surface area contributed by atoms with Crippen molar-refractivity contribution in [1.82, 2.24) is 9.88 Å². The lowest BCUT2D eigenvalue weighted by Crippen LogP contribution is -2.40. The molecule has 1 amide bonds. The minimum atomic E-state index is -3.36. The fourth-order valence-corrected chi connectivity index (χ4v) is 4.01. The summed E-state index contributed by atoms with van der Waals surface area (Å²) >= 11 is 1.15. The first-order chi connectivity index (χ1) is 9.80. The predicted octanol–water partition coefficient (Wildman–Crippen LogP) is 0.286. The molecule has 1 fully saturated rings. The molecule has 2 unspecified atom stereocenters. The Morgan fingerprint density at radius 2 is 2.33 bits per heavy atom. The number of aromatic nitrogens is 1. The Kier molecular flexibility index (Phi) is 4.84. The highest BCUT2D eigenvalue weighted by atomic mass is 32.2. The van der Waals surface area contributed by atoms with Crippen LogP contribution in [0.15, 0.2) is 5.38 Å². The number of thiazole rings is 1. The topological polar surface area (TPSA) is 99.6 Å². The molecule has 0 bridgehead atoms. The predicted molar refractivity (Wildman–Crippen MR) is 80.7 cm³/mol. The summed E-state index contributed by atoms with van der Waals surface area (Å²) in [5.74, 6) is 0.200. The number of aliphatic hydroxyl groups is 1. The van der Waals surface area contributed by atoms with Gasteiger partial charge in [0.05, 0.1) is 31.0 Å². The van der Waals surface area contributed by atoms with Gasteiger partial charge in [0.2, 0.25) is 15.9 Å². The lowest BCUT2D eigenvalue weighted by Gasteiger charge is -2.24. The van der Waals surface area contributed by atoms with Crippen LogP contribution in [0, 0.1) is 5.92 Å². The van der Waals surface area contributed by atoms with Crippen molar-refractivity contribution in [3.63, 3.8) is 0 Å². The first-order valence-electron chi connectivity index (χ1n) is 6.62. The van der Waals surface area contributed by atoms with E-state index in [1.54, 1.807) is 10.3 Å². The summed E-state index contributed by atoms with van der Waals surface area (Å²) in [6.07, 6.45) is 2.05. The van der Waals surface area contributed by atoms with Gasteiger partial charge in [-0.3, -0.25) is 9.52 Å². The fourth-order valence-electron chi connectivity index (χ4n) is 2.45. The zero-order valence-corrected chi connectivity index (χ0v) is 13.6. The summed E-state index contributed by atoms with van der Waals surface area (Å²) in [5, 5.41) is 11.3. The molecule has 2 heterocycles. The summed E-state index contributed by atoms with van der Waals surface area (Å²) in [5.41, 5.74) is 0.535. The summed E-state index contributed by atoms with van der Waals surface area (Å²) in [6, 6.07) is -0.134. The van der Waals surface area contributed by atoms with Gasteiger partial charge in [-0.1, -0.05) is 6.92 Å². The first kappa shape index (κ1) is 16.2. The second-order valence-corrected chi connectivity index (χ2v) is 7.90. The van der Waals surface area contributed by atoms with Gasteiger partial charge in [-0.2, -0.15) is 0 Å². The van der Waals surface area contributed by atoms with Crippen LogP contribution in [0.1, 0.15) is 19.0 Å². The third-order valence-electron chi connectivity index (χ3n) is 3.55. The lowest BCUT2D eigenvalue weighted by molar-refractivity contribution is -0.132. The van der Waals surface area contributed by atoms with Crippen LogP contribution in [0.5, 0.6) is 0 Å². The number of likely N-dealkylation sites (tertiary alicyclic amines) is 1. The summed E-state index contributed by atoms with van der Waals surface area (Å²) in [6.45, 7) is 2.62. The van der Waals surface area contributed by atoms with E-state index in [9.17, 15) is 18.3 Å². The molecule has 0 aromatic carbocycles. The molecule has 2 N–H and O–H groups in total. The van der Waals surface area contributed by atoms with E-state index < -0.39 is 10.0 Å². The van der Waals surface area contributed by atoms with Crippen molar-refractivity contribution < 1.29 is 18.3 Å². The van der Waals surface area contributed by atoms with Gasteiger partial charge in [-0.15, -0.1) is 11.3 Å². The lowest BCUT2D eigenvalue weighted by atomic mass is 10.0. The minimum absolute atomic E-state index is 0.0368. The number of carbonyl (C=O) groups is 1. The Morgan fingerprint density at radius 3 is 2.95 bits per heavy atom. The number of amides is 1. The second-order valence-electron chi connectivity index (χ2n) is 5.30. The maximum absolute atomic E-state index is 12.3. The van der Waals surface area contributed by atoms with Crippen LogP contribution in [-0.2, 0) is 21.2 Å². The number of rotatable bonds is 5. The molecule has 1 aliphatic heterocycles. The molecular formula is C12H19N3O4S2. The highest BCUT2D eigenvalue weighted by Crippen LogP contribution is 2.25. The number of nitrogens with zero attached hydrogens (tertiary/aromatic N) is 2. The number of sulfonamides is 1. The van der Waals surface area contributed by atoms with Crippen molar-refractivity contribution in [3.05, 3.63) is 11.1 Å². The van der Waals surface area contributed by atoms with Gasteiger partial charge in [-0.05, 0) is 12.3 Å². The van der Waals surface area contributed by atoms with Crippen molar-refractivity contribution in [2.45, 2.75) is 25.8 Å². The highest BCUT2D eigenvalue weighted by Gasteiger charge is 2.33. The van der Waals surface area contributed by atoms with E-state index in [1.807, 2.05) is 6.92 Å².